The molecule has 2 heterocycles. The van der Waals surface area contributed by atoms with Gasteiger partial charge < -0.3 is 14.8 Å². The molecular formula is C17H34N2O2. The smallest absolute Gasteiger partial charge is 0.0702 e. The van der Waals surface area contributed by atoms with E-state index in [4.69, 9.17) is 9.47 Å². The quantitative estimate of drug-likeness (QED) is 0.708. The van der Waals surface area contributed by atoms with Crippen LogP contribution in [-0.2, 0) is 9.47 Å². The molecular weight excluding hydrogens is 264 g/mol. The topological polar surface area (TPSA) is 33.7 Å². The lowest BCUT2D eigenvalue weighted by Gasteiger charge is -2.36. The van der Waals surface area contributed by atoms with Crippen molar-refractivity contribution >= 4 is 0 Å². The van der Waals surface area contributed by atoms with Crippen LogP contribution >= 0.6 is 0 Å². The summed E-state index contributed by atoms with van der Waals surface area (Å²) >= 11 is 0. The Hall–Kier alpha value is -0.160. The van der Waals surface area contributed by atoms with Gasteiger partial charge in [0.25, 0.3) is 0 Å². The van der Waals surface area contributed by atoms with Crippen molar-refractivity contribution in [2.45, 2.75) is 58.1 Å². The van der Waals surface area contributed by atoms with E-state index >= 15 is 0 Å². The van der Waals surface area contributed by atoms with Crippen LogP contribution in [0.3, 0.4) is 0 Å². The van der Waals surface area contributed by atoms with E-state index in [0.717, 1.165) is 45.9 Å². The molecule has 0 radical (unpaired) electrons. The minimum absolute atomic E-state index is 0.449. The second-order valence-electron chi connectivity index (χ2n) is 6.58. The first-order valence-corrected chi connectivity index (χ1v) is 8.98. The lowest BCUT2D eigenvalue weighted by atomic mass is 9.97. The Bertz CT molecular complexity index is 270. The van der Waals surface area contributed by atoms with Crippen LogP contribution < -0.4 is 5.32 Å². The normalized spacial score (nSPS) is 28.9. The molecule has 2 saturated heterocycles. The van der Waals surface area contributed by atoms with E-state index in [2.05, 4.69) is 24.1 Å². The zero-order chi connectivity index (χ0) is 14.9. The van der Waals surface area contributed by atoms with Crippen LogP contribution in [0.25, 0.3) is 0 Å². The van der Waals surface area contributed by atoms with Gasteiger partial charge in [-0.15, -0.1) is 0 Å². The fourth-order valence-electron chi connectivity index (χ4n) is 3.46. The zero-order valence-electron chi connectivity index (χ0n) is 14.0. The van der Waals surface area contributed by atoms with E-state index in [1.54, 1.807) is 0 Å². The van der Waals surface area contributed by atoms with Crippen LogP contribution in [0.2, 0.25) is 0 Å². The number of nitrogens with zero attached hydrogens (tertiary/aromatic N) is 1. The van der Waals surface area contributed by atoms with Gasteiger partial charge in [0.05, 0.1) is 12.7 Å². The van der Waals surface area contributed by atoms with Crippen LogP contribution in [0.4, 0.5) is 0 Å². The highest BCUT2D eigenvalue weighted by atomic mass is 16.5. The highest BCUT2D eigenvalue weighted by Gasteiger charge is 2.29. The third-order valence-corrected chi connectivity index (χ3v) is 4.67. The molecule has 124 valence electrons. The van der Waals surface area contributed by atoms with Crippen molar-refractivity contribution in [2.24, 2.45) is 5.92 Å². The molecule has 4 nitrogen and oxygen atoms in total. The number of ether oxygens (including phenoxy) is 2. The van der Waals surface area contributed by atoms with Gasteiger partial charge >= 0.3 is 0 Å². The Morgan fingerprint density at radius 2 is 2.19 bits per heavy atom. The van der Waals surface area contributed by atoms with Gasteiger partial charge in [0, 0.05) is 38.3 Å². The van der Waals surface area contributed by atoms with E-state index in [1.165, 1.54) is 32.2 Å². The Balaban J connectivity index is 1.80. The van der Waals surface area contributed by atoms with Crippen molar-refractivity contribution in [3.8, 4) is 0 Å². The number of rotatable bonds is 9. The highest BCUT2D eigenvalue weighted by Crippen LogP contribution is 2.20. The molecule has 0 saturated carbocycles. The van der Waals surface area contributed by atoms with E-state index < -0.39 is 0 Å². The van der Waals surface area contributed by atoms with Crippen molar-refractivity contribution in [3.05, 3.63) is 0 Å². The summed E-state index contributed by atoms with van der Waals surface area (Å²) in [4.78, 5) is 2.61. The number of likely N-dealkylation sites (tertiary alicyclic amines) is 1. The maximum Gasteiger partial charge on any atom is 0.0702 e. The van der Waals surface area contributed by atoms with Crippen LogP contribution in [0.15, 0.2) is 0 Å². The lowest BCUT2D eigenvalue weighted by Crippen LogP contribution is -2.50. The van der Waals surface area contributed by atoms with Crippen molar-refractivity contribution in [1.82, 2.24) is 10.2 Å². The van der Waals surface area contributed by atoms with Crippen LogP contribution in [-0.4, -0.2) is 63.0 Å². The highest BCUT2D eigenvalue weighted by molar-refractivity contribution is 4.84. The summed E-state index contributed by atoms with van der Waals surface area (Å²) in [6, 6.07) is 0.581. The van der Waals surface area contributed by atoms with Crippen molar-refractivity contribution in [1.29, 1.82) is 0 Å². The average Bonchev–Trinajstić information content (AvgIpc) is 3.04. The first kappa shape index (κ1) is 17.2. The van der Waals surface area contributed by atoms with Gasteiger partial charge in [-0.25, -0.2) is 0 Å². The molecule has 3 atom stereocenters. The van der Waals surface area contributed by atoms with E-state index in [1.807, 2.05) is 0 Å². The third-order valence-electron chi connectivity index (χ3n) is 4.67. The number of hydrogen-bond donors (Lipinski definition) is 1. The predicted molar refractivity (Wildman–Crippen MR) is 86.7 cm³/mol. The molecule has 2 aliphatic heterocycles. The fraction of sp³-hybridized carbons (Fsp3) is 1.00. The molecule has 0 aliphatic carbocycles. The van der Waals surface area contributed by atoms with Gasteiger partial charge in [-0.1, -0.05) is 13.8 Å². The second kappa shape index (κ2) is 9.78. The molecule has 0 aromatic heterocycles. The molecule has 21 heavy (non-hydrogen) atoms. The fourth-order valence-corrected chi connectivity index (χ4v) is 3.46. The van der Waals surface area contributed by atoms with E-state index in [9.17, 15) is 0 Å². The molecule has 2 fully saturated rings. The van der Waals surface area contributed by atoms with Crippen molar-refractivity contribution in [3.63, 3.8) is 0 Å². The first-order chi connectivity index (χ1) is 10.3. The van der Waals surface area contributed by atoms with Gasteiger partial charge in [-0.05, 0) is 45.2 Å². The summed E-state index contributed by atoms with van der Waals surface area (Å²) in [6.07, 6.45) is 6.49. The van der Waals surface area contributed by atoms with Gasteiger partial charge in [0.2, 0.25) is 0 Å². The number of hydrogen-bond acceptors (Lipinski definition) is 4. The maximum atomic E-state index is 5.96. The largest absolute Gasteiger partial charge is 0.381 e. The molecule has 0 aromatic rings. The summed E-state index contributed by atoms with van der Waals surface area (Å²) in [7, 11) is 0. The molecule has 0 aromatic carbocycles. The molecule has 1 N–H and O–H groups in total. The zero-order valence-corrected chi connectivity index (χ0v) is 14.0. The van der Waals surface area contributed by atoms with E-state index in [-0.39, 0.29) is 0 Å². The molecule has 2 rings (SSSR count). The van der Waals surface area contributed by atoms with Crippen LogP contribution in [0.1, 0.15) is 46.0 Å². The summed E-state index contributed by atoms with van der Waals surface area (Å²) in [5.41, 5.74) is 0. The Morgan fingerprint density at radius 3 is 2.90 bits per heavy atom. The molecule has 2 aliphatic rings. The van der Waals surface area contributed by atoms with Crippen LogP contribution in [0, 0.1) is 5.92 Å². The predicted octanol–water partition coefficient (Wildman–Crippen LogP) is 2.28. The molecule has 3 unspecified atom stereocenters. The minimum Gasteiger partial charge on any atom is -0.381 e. The summed E-state index contributed by atoms with van der Waals surface area (Å²) in [5.74, 6) is 0.688. The van der Waals surface area contributed by atoms with Crippen LogP contribution in [0.5, 0.6) is 0 Å². The average molecular weight is 298 g/mol. The van der Waals surface area contributed by atoms with Gasteiger partial charge in [0.1, 0.15) is 0 Å². The first-order valence-electron chi connectivity index (χ1n) is 8.98. The Morgan fingerprint density at radius 1 is 1.29 bits per heavy atom. The lowest BCUT2D eigenvalue weighted by molar-refractivity contribution is -0.00413. The van der Waals surface area contributed by atoms with Gasteiger partial charge in [0.15, 0.2) is 0 Å². The minimum atomic E-state index is 0.449. The molecule has 0 spiro atoms. The summed E-state index contributed by atoms with van der Waals surface area (Å²) < 4.78 is 11.6. The van der Waals surface area contributed by atoms with Gasteiger partial charge in [-0.2, -0.15) is 0 Å². The maximum absolute atomic E-state index is 5.96. The third kappa shape index (κ3) is 5.85. The monoisotopic (exact) mass is 298 g/mol. The van der Waals surface area contributed by atoms with Crippen molar-refractivity contribution < 1.29 is 9.47 Å². The standard InChI is InChI=1S/C17H34N2O2/c1-3-8-18-17(15-7-11-20-14-15)13-19-9-5-6-16(12-19)21-10-4-2/h15-18H,3-14H2,1-2H3. The van der Waals surface area contributed by atoms with Gasteiger partial charge in [-0.3, -0.25) is 4.90 Å². The number of nitrogens with one attached hydrogen (secondary N) is 1. The number of piperidine rings is 1. The molecule has 0 bridgehead atoms. The van der Waals surface area contributed by atoms with E-state index in [0.29, 0.717) is 18.1 Å². The summed E-state index contributed by atoms with van der Waals surface area (Å²) in [6.45, 7) is 11.8. The SMILES string of the molecule is CCCNC(CN1CCCC(OCCC)C1)C1CCOC1. The molecule has 4 heteroatoms. The second-order valence-corrected chi connectivity index (χ2v) is 6.58. The Labute approximate surface area is 130 Å². The summed E-state index contributed by atoms with van der Waals surface area (Å²) in [5, 5.41) is 3.75. The van der Waals surface area contributed by atoms with Crippen molar-refractivity contribution in [2.75, 3.05) is 46.0 Å². The molecule has 0 amide bonds. The Kier molecular flexibility index (Phi) is 8.01.